The summed E-state index contributed by atoms with van der Waals surface area (Å²) in [5.41, 5.74) is 2.27. The summed E-state index contributed by atoms with van der Waals surface area (Å²) < 4.78 is 39.8. The van der Waals surface area contributed by atoms with Crippen LogP contribution in [0.2, 0.25) is 0 Å². The van der Waals surface area contributed by atoms with E-state index in [1.54, 1.807) is 13.1 Å². The van der Waals surface area contributed by atoms with Crippen LogP contribution in [0, 0.1) is 24.4 Å². The summed E-state index contributed by atoms with van der Waals surface area (Å²) in [6.07, 6.45) is 0.461. The predicted molar refractivity (Wildman–Crippen MR) is 73.0 cm³/mol. The maximum absolute atomic E-state index is 13.3. The Bertz CT molecular complexity index is 590. The van der Waals surface area contributed by atoms with Crippen molar-refractivity contribution in [3.05, 3.63) is 70.5 Å². The summed E-state index contributed by atoms with van der Waals surface area (Å²) in [5, 5.41) is 3.01. The Hall–Kier alpha value is -1.81. The zero-order valence-corrected chi connectivity index (χ0v) is 11.4. The molecular formula is C16H16F3N. The molecular weight excluding hydrogens is 263 g/mol. The van der Waals surface area contributed by atoms with Gasteiger partial charge in [-0.15, -0.1) is 0 Å². The molecule has 2 aromatic rings. The van der Waals surface area contributed by atoms with Crippen molar-refractivity contribution in [1.82, 2.24) is 5.32 Å². The first kappa shape index (κ1) is 14.6. The van der Waals surface area contributed by atoms with Crippen molar-refractivity contribution in [2.24, 2.45) is 0 Å². The fourth-order valence-corrected chi connectivity index (χ4v) is 2.24. The van der Waals surface area contributed by atoms with Gasteiger partial charge in [0.05, 0.1) is 0 Å². The Morgan fingerprint density at radius 3 is 2.20 bits per heavy atom. The summed E-state index contributed by atoms with van der Waals surface area (Å²) in [5.74, 6) is -1.54. The number of hydrogen-bond acceptors (Lipinski definition) is 1. The van der Waals surface area contributed by atoms with Crippen LogP contribution in [0.4, 0.5) is 13.2 Å². The first-order valence-corrected chi connectivity index (χ1v) is 6.38. The molecule has 0 aromatic heterocycles. The molecule has 1 unspecified atom stereocenters. The van der Waals surface area contributed by atoms with Crippen molar-refractivity contribution in [2.45, 2.75) is 19.4 Å². The number of benzene rings is 2. The monoisotopic (exact) mass is 279 g/mol. The lowest BCUT2D eigenvalue weighted by molar-refractivity contribution is 0.548. The highest BCUT2D eigenvalue weighted by molar-refractivity contribution is 5.30. The minimum atomic E-state index is -0.615. The maximum Gasteiger partial charge on any atom is 0.126 e. The predicted octanol–water partition coefficient (Wildman–Crippen LogP) is 3.92. The molecule has 1 N–H and O–H groups in total. The first-order chi connectivity index (χ1) is 9.49. The van der Waals surface area contributed by atoms with E-state index in [2.05, 4.69) is 5.32 Å². The molecule has 0 saturated heterocycles. The van der Waals surface area contributed by atoms with E-state index in [9.17, 15) is 13.2 Å². The highest BCUT2D eigenvalue weighted by Gasteiger charge is 2.14. The number of aryl methyl sites for hydroxylation is 1. The van der Waals surface area contributed by atoms with Gasteiger partial charge < -0.3 is 5.32 Å². The number of hydrogen-bond donors (Lipinski definition) is 1. The lowest BCUT2D eigenvalue weighted by atomic mass is 9.96. The third kappa shape index (κ3) is 3.39. The normalized spacial score (nSPS) is 12.4. The molecule has 2 aromatic carbocycles. The fourth-order valence-electron chi connectivity index (χ4n) is 2.24. The number of halogens is 3. The summed E-state index contributed by atoms with van der Waals surface area (Å²) in [7, 11) is 1.71. The van der Waals surface area contributed by atoms with Gasteiger partial charge in [0, 0.05) is 12.1 Å². The van der Waals surface area contributed by atoms with Crippen molar-refractivity contribution in [3.8, 4) is 0 Å². The van der Waals surface area contributed by atoms with Crippen molar-refractivity contribution in [2.75, 3.05) is 7.05 Å². The Balaban J connectivity index is 2.30. The molecule has 20 heavy (non-hydrogen) atoms. The van der Waals surface area contributed by atoms with Crippen molar-refractivity contribution in [1.29, 1.82) is 0 Å². The van der Waals surface area contributed by atoms with Gasteiger partial charge >= 0.3 is 0 Å². The van der Waals surface area contributed by atoms with Gasteiger partial charge in [-0.25, -0.2) is 13.2 Å². The smallest absolute Gasteiger partial charge is 0.126 e. The average molecular weight is 279 g/mol. The maximum atomic E-state index is 13.3. The SMILES string of the molecule is CNC(Cc1cc(F)ccc1C)c1cc(F)cc(F)c1. The van der Waals surface area contributed by atoms with Gasteiger partial charge in [-0.3, -0.25) is 0 Å². The second-order valence-corrected chi connectivity index (χ2v) is 4.82. The minimum Gasteiger partial charge on any atom is -0.313 e. The van der Waals surface area contributed by atoms with E-state index in [0.29, 0.717) is 12.0 Å². The van der Waals surface area contributed by atoms with Crippen molar-refractivity contribution >= 4 is 0 Å². The molecule has 0 bridgehead atoms. The zero-order chi connectivity index (χ0) is 14.7. The van der Waals surface area contributed by atoms with E-state index >= 15 is 0 Å². The van der Waals surface area contributed by atoms with Gasteiger partial charge in [-0.2, -0.15) is 0 Å². The van der Waals surface area contributed by atoms with Crippen LogP contribution >= 0.6 is 0 Å². The van der Waals surface area contributed by atoms with Gasteiger partial charge in [0.2, 0.25) is 0 Å². The van der Waals surface area contributed by atoms with E-state index in [4.69, 9.17) is 0 Å². The molecule has 4 heteroatoms. The number of likely N-dealkylation sites (N-methyl/N-ethyl adjacent to an activating group) is 1. The van der Waals surface area contributed by atoms with Gasteiger partial charge in [0.1, 0.15) is 17.5 Å². The lowest BCUT2D eigenvalue weighted by Gasteiger charge is -2.18. The van der Waals surface area contributed by atoms with Crippen LogP contribution in [0.3, 0.4) is 0 Å². The molecule has 1 atom stereocenters. The molecule has 0 aliphatic heterocycles. The third-order valence-corrected chi connectivity index (χ3v) is 3.37. The fraction of sp³-hybridized carbons (Fsp3) is 0.250. The van der Waals surface area contributed by atoms with Crippen LogP contribution < -0.4 is 5.32 Å². The molecule has 0 radical (unpaired) electrons. The van der Waals surface area contributed by atoms with Crippen LogP contribution in [0.15, 0.2) is 36.4 Å². The third-order valence-electron chi connectivity index (χ3n) is 3.37. The van der Waals surface area contributed by atoms with Crippen LogP contribution in [-0.2, 0) is 6.42 Å². The largest absolute Gasteiger partial charge is 0.313 e. The van der Waals surface area contributed by atoms with Crippen LogP contribution in [-0.4, -0.2) is 7.05 Å². The second kappa shape index (κ2) is 6.09. The van der Waals surface area contributed by atoms with Crippen LogP contribution in [0.1, 0.15) is 22.7 Å². The highest BCUT2D eigenvalue weighted by atomic mass is 19.1. The van der Waals surface area contributed by atoms with Gasteiger partial charge in [-0.1, -0.05) is 6.07 Å². The Labute approximate surface area is 116 Å². The lowest BCUT2D eigenvalue weighted by Crippen LogP contribution is -2.19. The Kier molecular flexibility index (Phi) is 4.45. The topological polar surface area (TPSA) is 12.0 Å². The molecule has 1 nitrogen and oxygen atoms in total. The van der Waals surface area contributed by atoms with Crippen LogP contribution in [0.5, 0.6) is 0 Å². The van der Waals surface area contributed by atoms with Crippen LogP contribution in [0.25, 0.3) is 0 Å². The molecule has 0 saturated carbocycles. The molecule has 0 spiro atoms. The van der Waals surface area contributed by atoms with E-state index in [1.807, 2.05) is 6.92 Å². The molecule has 2 rings (SSSR count). The second-order valence-electron chi connectivity index (χ2n) is 4.82. The first-order valence-electron chi connectivity index (χ1n) is 6.38. The summed E-state index contributed by atoms with van der Waals surface area (Å²) in [6.45, 7) is 1.88. The van der Waals surface area contributed by atoms with Gasteiger partial charge in [0.15, 0.2) is 0 Å². The molecule has 0 aliphatic carbocycles. The molecule has 0 heterocycles. The number of rotatable bonds is 4. The van der Waals surface area contributed by atoms with E-state index in [1.165, 1.54) is 24.3 Å². The Morgan fingerprint density at radius 1 is 0.950 bits per heavy atom. The molecule has 106 valence electrons. The standard InChI is InChI=1S/C16H16F3N/c1-10-3-4-13(17)5-11(10)8-16(20-2)12-6-14(18)9-15(19)7-12/h3-7,9,16,20H,8H2,1-2H3. The zero-order valence-electron chi connectivity index (χ0n) is 11.4. The van der Waals surface area contributed by atoms with Gasteiger partial charge in [-0.05, 0) is 61.3 Å². The minimum absolute atomic E-state index is 0.277. The summed E-state index contributed by atoms with van der Waals surface area (Å²) >= 11 is 0. The van der Waals surface area contributed by atoms with E-state index in [-0.39, 0.29) is 11.9 Å². The summed E-state index contributed by atoms with van der Waals surface area (Å²) in [6, 6.07) is 7.69. The quantitative estimate of drug-likeness (QED) is 0.894. The average Bonchev–Trinajstić information content (AvgIpc) is 2.38. The Morgan fingerprint density at radius 2 is 1.60 bits per heavy atom. The van der Waals surface area contributed by atoms with E-state index < -0.39 is 11.6 Å². The molecule has 0 aliphatic rings. The van der Waals surface area contributed by atoms with Gasteiger partial charge in [0.25, 0.3) is 0 Å². The van der Waals surface area contributed by atoms with E-state index in [0.717, 1.165) is 17.2 Å². The van der Waals surface area contributed by atoms with Crippen molar-refractivity contribution < 1.29 is 13.2 Å². The highest BCUT2D eigenvalue weighted by Crippen LogP contribution is 2.22. The summed E-state index contributed by atoms with van der Waals surface area (Å²) in [4.78, 5) is 0. The molecule has 0 amide bonds. The molecule has 0 fully saturated rings. The number of nitrogens with one attached hydrogen (secondary N) is 1. The van der Waals surface area contributed by atoms with Crippen molar-refractivity contribution in [3.63, 3.8) is 0 Å².